The first-order valence-electron chi connectivity index (χ1n) is 9.79. The van der Waals surface area contributed by atoms with Gasteiger partial charge in [-0.25, -0.2) is 0 Å². The molecule has 2 aliphatic rings. The number of piperidine rings is 1. The number of aromatic nitrogens is 1. The van der Waals surface area contributed by atoms with Crippen molar-refractivity contribution in [2.24, 2.45) is 0 Å². The Morgan fingerprint density at radius 1 is 1.07 bits per heavy atom. The van der Waals surface area contributed by atoms with Crippen LogP contribution in [0.2, 0.25) is 0 Å². The second kappa shape index (κ2) is 7.44. The molecular weight excluding hydrogens is 340 g/mol. The molecule has 0 saturated carbocycles. The number of carbonyl (C=O) groups is 1. The van der Waals surface area contributed by atoms with Gasteiger partial charge >= 0.3 is 0 Å². The fraction of sp³-hybridized carbons (Fsp3) is 0.524. The minimum Gasteiger partial charge on any atom is -0.355 e. The summed E-state index contributed by atoms with van der Waals surface area (Å²) in [4.78, 5) is 20.0. The van der Waals surface area contributed by atoms with Gasteiger partial charge in [0, 0.05) is 36.8 Å². The Balaban J connectivity index is 1.54. The van der Waals surface area contributed by atoms with Gasteiger partial charge in [-0.2, -0.15) is 0 Å². The van der Waals surface area contributed by atoms with Crippen LogP contribution in [0.1, 0.15) is 29.8 Å². The maximum atomic E-state index is 13.2. The van der Waals surface area contributed by atoms with E-state index in [2.05, 4.69) is 29.1 Å². The SMILES string of the molecule is CN1CCC2(CC1)CN(C(=O)c1cc(-c3ccccc3)on1)CCCN2C. The maximum absolute atomic E-state index is 13.2. The number of nitrogens with zero attached hydrogens (tertiary/aromatic N) is 4. The molecule has 3 heterocycles. The van der Waals surface area contributed by atoms with Gasteiger partial charge in [0.15, 0.2) is 11.5 Å². The van der Waals surface area contributed by atoms with E-state index in [1.807, 2.05) is 35.2 Å². The van der Waals surface area contributed by atoms with Gasteiger partial charge < -0.3 is 14.3 Å². The smallest absolute Gasteiger partial charge is 0.276 e. The molecule has 1 amide bonds. The van der Waals surface area contributed by atoms with Crippen LogP contribution >= 0.6 is 0 Å². The van der Waals surface area contributed by atoms with Crippen molar-refractivity contribution in [3.8, 4) is 11.3 Å². The molecule has 4 rings (SSSR count). The van der Waals surface area contributed by atoms with E-state index in [1.165, 1.54) is 0 Å². The van der Waals surface area contributed by atoms with Crippen molar-refractivity contribution < 1.29 is 9.32 Å². The van der Waals surface area contributed by atoms with Gasteiger partial charge in [0.2, 0.25) is 0 Å². The zero-order valence-electron chi connectivity index (χ0n) is 16.2. The lowest BCUT2D eigenvalue weighted by atomic mass is 9.85. The highest BCUT2D eigenvalue weighted by molar-refractivity contribution is 5.93. The number of hydrogen-bond donors (Lipinski definition) is 0. The predicted octanol–water partition coefficient (Wildman–Crippen LogP) is 2.58. The zero-order chi connectivity index (χ0) is 18.9. The summed E-state index contributed by atoms with van der Waals surface area (Å²) in [7, 11) is 4.38. The van der Waals surface area contributed by atoms with Gasteiger partial charge in [-0.3, -0.25) is 9.69 Å². The lowest BCUT2D eigenvalue weighted by molar-refractivity contribution is 0.0313. The van der Waals surface area contributed by atoms with Crippen molar-refractivity contribution in [3.05, 3.63) is 42.1 Å². The van der Waals surface area contributed by atoms with Gasteiger partial charge in [0.25, 0.3) is 5.91 Å². The van der Waals surface area contributed by atoms with Crippen LogP contribution in [0.15, 0.2) is 40.9 Å². The minimum absolute atomic E-state index is 0.0189. The van der Waals surface area contributed by atoms with Gasteiger partial charge in [-0.15, -0.1) is 0 Å². The third kappa shape index (κ3) is 3.64. The van der Waals surface area contributed by atoms with Crippen molar-refractivity contribution in [2.45, 2.75) is 24.8 Å². The standard InChI is InChI=1S/C21H28N4O2/c1-23-13-9-21(10-14-23)16-25(12-6-11-24(21)2)20(26)18-15-19(27-22-18)17-7-4-3-5-8-17/h3-5,7-8,15H,6,9-14,16H2,1-2H3. The highest BCUT2D eigenvalue weighted by Crippen LogP contribution is 2.31. The highest BCUT2D eigenvalue weighted by atomic mass is 16.5. The summed E-state index contributed by atoms with van der Waals surface area (Å²) >= 11 is 0. The van der Waals surface area contributed by atoms with Crippen molar-refractivity contribution in [1.82, 2.24) is 19.9 Å². The first-order valence-corrected chi connectivity index (χ1v) is 9.79. The Bertz CT molecular complexity index is 780. The van der Waals surface area contributed by atoms with E-state index < -0.39 is 0 Å². The molecule has 144 valence electrons. The molecular formula is C21H28N4O2. The average Bonchev–Trinajstić information content (AvgIpc) is 3.13. The molecule has 0 unspecified atom stereocenters. The summed E-state index contributed by atoms with van der Waals surface area (Å²) < 4.78 is 5.45. The number of amides is 1. The van der Waals surface area contributed by atoms with Crippen LogP contribution in [-0.4, -0.2) is 78.1 Å². The van der Waals surface area contributed by atoms with Crippen LogP contribution in [0.3, 0.4) is 0 Å². The second-order valence-electron chi connectivity index (χ2n) is 7.97. The Morgan fingerprint density at radius 3 is 2.56 bits per heavy atom. The van der Waals surface area contributed by atoms with Crippen LogP contribution in [0, 0.1) is 0 Å². The number of benzene rings is 1. The van der Waals surface area contributed by atoms with E-state index in [1.54, 1.807) is 6.07 Å². The molecule has 1 aromatic carbocycles. The molecule has 2 fully saturated rings. The van der Waals surface area contributed by atoms with Crippen LogP contribution in [0.5, 0.6) is 0 Å². The fourth-order valence-corrected chi connectivity index (χ4v) is 4.32. The Morgan fingerprint density at radius 2 is 1.81 bits per heavy atom. The topological polar surface area (TPSA) is 52.8 Å². The first-order chi connectivity index (χ1) is 13.1. The molecule has 0 bridgehead atoms. The second-order valence-corrected chi connectivity index (χ2v) is 7.97. The quantitative estimate of drug-likeness (QED) is 0.816. The van der Waals surface area contributed by atoms with E-state index in [0.29, 0.717) is 11.5 Å². The molecule has 0 N–H and O–H groups in total. The third-order valence-electron chi connectivity index (χ3n) is 6.21. The maximum Gasteiger partial charge on any atom is 0.276 e. The van der Waals surface area contributed by atoms with E-state index in [0.717, 1.165) is 57.5 Å². The predicted molar refractivity (Wildman–Crippen MR) is 105 cm³/mol. The molecule has 0 radical (unpaired) electrons. The van der Waals surface area contributed by atoms with Crippen LogP contribution in [-0.2, 0) is 0 Å². The number of likely N-dealkylation sites (N-methyl/N-ethyl adjacent to an activating group) is 1. The van der Waals surface area contributed by atoms with E-state index in [-0.39, 0.29) is 11.4 Å². The fourth-order valence-electron chi connectivity index (χ4n) is 4.32. The number of likely N-dealkylation sites (tertiary alicyclic amines) is 1. The monoisotopic (exact) mass is 368 g/mol. The van der Waals surface area contributed by atoms with E-state index in [4.69, 9.17) is 4.52 Å². The highest BCUT2D eigenvalue weighted by Gasteiger charge is 2.41. The molecule has 27 heavy (non-hydrogen) atoms. The molecule has 0 aliphatic carbocycles. The van der Waals surface area contributed by atoms with Gasteiger partial charge in [-0.05, 0) is 46.4 Å². The Hall–Kier alpha value is -2.18. The summed E-state index contributed by atoms with van der Waals surface area (Å²) in [6.07, 6.45) is 3.18. The Labute approximate surface area is 160 Å². The number of carbonyl (C=O) groups excluding carboxylic acids is 1. The summed E-state index contributed by atoms with van der Waals surface area (Å²) in [5.41, 5.74) is 1.41. The number of hydrogen-bond acceptors (Lipinski definition) is 5. The first kappa shape index (κ1) is 18.2. The Kier molecular flexibility index (Phi) is 5.02. The minimum atomic E-state index is -0.0189. The lowest BCUT2D eigenvalue weighted by Gasteiger charge is -2.47. The van der Waals surface area contributed by atoms with Gasteiger partial charge in [0.1, 0.15) is 0 Å². The molecule has 2 aromatic rings. The van der Waals surface area contributed by atoms with Crippen LogP contribution in [0.4, 0.5) is 0 Å². The molecule has 1 spiro atoms. The van der Waals surface area contributed by atoms with Gasteiger partial charge in [0.05, 0.1) is 0 Å². The van der Waals surface area contributed by atoms with E-state index >= 15 is 0 Å². The third-order valence-corrected chi connectivity index (χ3v) is 6.21. The van der Waals surface area contributed by atoms with Crippen LogP contribution in [0.25, 0.3) is 11.3 Å². The lowest BCUT2D eigenvalue weighted by Crippen LogP contribution is -2.58. The van der Waals surface area contributed by atoms with E-state index in [9.17, 15) is 4.79 Å². The normalized spacial score (nSPS) is 21.3. The summed E-state index contributed by atoms with van der Waals surface area (Å²) in [6.45, 7) is 4.72. The zero-order valence-corrected chi connectivity index (χ0v) is 16.2. The largest absolute Gasteiger partial charge is 0.355 e. The van der Waals surface area contributed by atoms with Crippen molar-refractivity contribution in [1.29, 1.82) is 0 Å². The van der Waals surface area contributed by atoms with Crippen molar-refractivity contribution >= 4 is 5.91 Å². The molecule has 6 nitrogen and oxygen atoms in total. The van der Waals surface area contributed by atoms with Crippen molar-refractivity contribution in [3.63, 3.8) is 0 Å². The molecule has 1 aromatic heterocycles. The molecule has 6 heteroatoms. The average molecular weight is 368 g/mol. The van der Waals surface area contributed by atoms with Gasteiger partial charge in [-0.1, -0.05) is 35.5 Å². The molecule has 0 atom stereocenters. The summed E-state index contributed by atoms with van der Waals surface area (Å²) in [5, 5.41) is 4.07. The summed E-state index contributed by atoms with van der Waals surface area (Å²) in [6, 6.07) is 11.6. The summed E-state index contributed by atoms with van der Waals surface area (Å²) in [5.74, 6) is 0.620. The molecule has 2 aliphatic heterocycles. The van der Waals surface area contributed by atoms with Crippen LogP contribution < -0.4 is 0 Å². The molecule has 2 saturated heterocycles. The van der Waals surface area contributed by atoms with Crippen molar-refractivity contribution in [2.75, 3.05) is 46.8 Å². The number of rotatable bonds is 2.